The van der Waals surface area contributed by atoms with Crippen molar-refractivity contribution in [3.05, 3.63) is 64.7 Å². The van der Waals surface area contributed by atoms with Gasteiger partial charge in [-0.25, -0.2) is 4.79 Å². The van der Waals surface area contributed by atoms with Gasteiger partial charge in [0.05, 0.1) is 0 Å². The molecule has 0 aromatic heterocycles. The number of benzene rings is 2. The molecule has 7 nitrogen and oxygen atoms in total. The molecule has 226 valence electrons. The summed E-state index contributed by atoms with van der Waals surface area (Å²) in [5.41, 5.74) is 3.55. The van der Waals surface area contributed by atoms with Gasteiger partial charge in [-0.15, -0.1) is 0 Å². The van der Waals surface area contributed by atoms with Crippen LogP contribution in [-0.4, -0.2) is 46.7 Å². The average Bonchev–Trinajstić information content (AvgIpc) is 2.90. The number of carbonyl (C=O) groups is 3. The molecule has 2 aromatic carbocycles. The number of aryl methyl sites for hydroxylation is 3. The Balaban J connectivity index is 2.51. The molecule has 0 radical (unpaired) electrons. The van der Waals surface area contributed by atoms with Crippen molar-refractivity contribution in [1.82, 2.24) is 10.2 Å². The first-order valence-corrected chi connectivity index (χ1v) is 15.4. The van der Waals surface area contributed by atoms with E-state index in [1.165, 1.54) is 6.42 Å². The summed E-state index contributed by atoms with van der Waals surface area (Å²) in [6.45, 7) is 13.7. The van der Waals surface area contributed by atoms with Crippen molar-refractivity contribution < 1.29 is 19.1 Å². The second-order valence-corrected chi connectivity index (χ2v) is 12.1. The summed E-state index contributed by atoms with van der Waals surface area (Å²) in [5, 5.41) is 5.77. The minimum atomic E-state index is -0.966. The number of nitrogens with one attached hydrogen (secondary N) is 2. The molecule has 0 aliphatic carbocycles. The summed E-state index contributed by atoms with van der Waals surface area (Å²) in [4.78, 5) is 42.6. The van der Waals surface area contributed by atoms with Gasteiger partial charge in [0.2, 0.25) is 5.91 Å². The predicted molar refractivity (Wildman–Crippen MR) is 171 cm³/mol. The largest absolute Gasteiger partial charge is 0.444 e. The van der Waals surface area contributed by atoms with Crippen molar-refractivity contribution in [1.29, 1.82) is 0 Å². The van der Waals surface area contributed by atoms with Crippen LogP contribution in [0.5, 0.6) is 0 Å². The first-order chi connectivity index (χ1) is 19.4. The van der Waals surface area contributed by atoms with Crippen LogP contribution < -0.4 is 10.6 Å². The van der Waals surface area contributed by atoms with Gasteiger partial charge in [-0.3, -0.25) is 9.59 Å². The summed E-state index contributed by atoms with van der Waals surface area (Å²) >= 11 is 4.40. The third-order valence-electron chi connectivity index (χ3n) is 6.90. The van der Waals surface area contributed by atoms with E-state index in [-0.39, 0.29) is 17.6 Å². The fourth-order valence-electron chi connectivity index (χ4n) is 4.68. The average molecular weight is 584 g/mol. The fraction of sp³-hybridized carbons (Fsp3) is 0.545. The standard InChI is InChI=1S/C33H49N3O4S/c1-8-9-10-11-12-15-20-36(31(38)28(22-41)35-32(39)40-33(5,6)7)29(26-21-23(2)18-19-24(26)3)30(37)34-27-17-14-13-16-25(27)4/h13-14,16-19,21,28-29,41H,8-12,15,20,22H2,1-7H3,(H,34,37)(H,35,39). The number of hydrogen-bond acceptors (Lipinski definition) is 5. The van der Waals surface area contributed by atoms with E-state index in [2.05, 4.69) is 30.2 Å². The highest BCUT2D eigenvalue weighted by atomic mass is 32.1. The van der Waals surface area contributed by atoms with E-state index in [1.54, 1.807) is 25.7 Å². The lowest BCUT2D eigenvalue weighted by molar-refractivity contribution is -0.140. The molecule has 0 aliphatic rings. The normalized spacial score (nSPS) is 12.8. The smallest absolute Gasteiger partial charge is 0.408 e. The third kappa shape index (κ3) is 11.1. The maximum Gasteiger partial charge on any atom is 0.408 e. The molecule has 3 amide bonds. The van der Waals surface area contributed by atoms with Gasteiger partial charge in [-0.05, 0) is 70.7 Å². The second-order valence-electron chi connectivity index (χ2n) is 11.7. The number of thiol groups is 1. The first-order valence-electron chi connectivity index (χ1n) is 14.7. The summed E-state index contributed by atoms with van der Waals surface area (Å²) in [6.07, 6.45) is 5.50. The van der Waals surface area contributed by atoms with Gasteiger partial charge in [0, 0.05) is 18.0 Å². The molecule has 0 heterocycles. The van der Waals surface area contributed by atoms with Crippen LogP contribution in [0.15, 0.2) is 42.5 Å². The van der Waals surface area contributed by atoms with Gasteiger partial charge < -0.3 is 20.3 Å². The van der Waals surface area contributed by atoms with Crippen molar-refractivity contribution in [2.75, 3.05) is 17.6 Å². The van der Waals surface area contributed by atoms with Crippen LogP contribution in [0, 0.1) is 20.8 Å². The molecular formula is C33H49N3O4S. The number of carbonyl (C=O) groups excluding carboxylic acids is 3. The van der Waals surface area contributed by atoms with E-state index in [1.807, 2.05) is 63.2 Å². The van der Waals surface area contributed by atoms with E-state index in [4.69, 9.17) is 4.74 Å². The monoisotopic (exact) mass is 583 g/mol. The molecule has 0 bridgehead atoms. The van der Waals surface area contributed by atoms with Crippen molar-refractivity contribution >= 4 is 36.2 Å². The van der Waals surface area contributed by atoms with E-state index in [0.717, 1.165) is 54.4 Å². The van der Waals surface area contributed by atoms with Crippen LogP contribution in [0.2, 0.25) is 0 Å². The SMILES string of the molecule is CCCCCCCCN(C(=O)C(CS)NC(=O)OC(C)(C)C)C(C(=O)Nc1ccccc1C)c1cc(C)ccc1C. The van der Waals surface area contributed by atoms with Gasteiger partial charge in [-0.1, -0.05) is 81.0 Å². The molecule has 2 unspecified atom stereocenters. The molecule has 0 saturated heterocycles. The Kier molecular flexibility index (Phi) is 13.7. The molecule has 0 spiro atoms. The highest BCUT2D eigenvalue weighted by Crippen LogP contribution is 2.29. The number of anilines is 1. The third-order valence-corrected chi connectivity index (χ3v) is 7.26. The van der Waals surface area contributed by atoms with E-state index >= 15 is 0 Å². The van der Waals surface area contributed by atoms with E-state index in [0.29, 0.717) is 12.2 Å². The van der Waals surface area contributed by atoms with Crippen molar-refractivity contribution in [3.63, 3.8) is 0 Å². The Labute approximate surface area is 252 Å². The van der Waals surface area contributed by atoms with Gasteiger partial charge >= 0.3 is 6.09 Å². The highest BCUT2D eigenvalue weighted by molar-refractivity contribution is 7.80. The summed E-state index contributed by atoms with van der Waals surface area (Å²) in [5.74, 6) is -0.614. The number of unbranched alkanes of at least 4 members (excludes halogenated alkanes) is 5. The Hall–Kier alpha value is -3.00. The van der Waals surface area contributed by atoms with Crippen LogP contribution in [0.4, 0.5) is 10.5 Å². The summed E-state index contributed by atoms with van der Waals surface area (Å²) in [6, 6.07) is 11.6. The molecule has 2 atom stereocenters. The highest BCUT2D eigenvalue weighted by Gasteiger charge is 2.36. The number of hydrogen-bond donors (Lipinski definition) is 3. The Morgan fingerprint density at radius 2 is 1.59 bits per heavy atom. The quantitative estimate of drug-likeness (QED) is 0.161. The van der Waals surface area contributed by atoms with Crippen LogP contribution in [-0.2, 0) is 14.3 Å². The van der Waals surface area contributed by atoms with E-state index in [9.17, 15) is 14.4 Å². The Morgan fingerprint density at radius 1 is 0.927 bits per heavy atom. The van der Waals surface area contributed by atoms with Crippen molar-refractivity contribution in [2.45, 2.75) is 105 Å². The molecule has 0 aliphatic heterocycles. The Morgan fingerprint density at radius 3 is 2.22 bits per heavy atom. The molecule has 0 fully saturated rings. The molecule has 2 aromatic rings. The molecule has 41 heavy (non-hydrogen) atoms. The zero-order valence-corrected chi connectivity index (χ0v) is 26.8. The lowest BCUT2D eigenvalue weighted by Crippen LogP contribution is -2.53. The first kappa shape index (κ1) is 34.2. The van der Waals surface area contributed by atoms with Crippen LogP contribution in [0.3, 0.4) is 0 Å². The van der Waals surface area contributed by atoms with Gasteiger partial charge in [0.25, 0.3) is 5.91 Å². The number of para-hydroxylation sites is 1. The lowest BCUT2D eigenvalue weighted by Gasteiger charge is -2.35. The lowest BCUT2D eigenvalue weighted by atomic mass is 9.95. The number of amides is 3. The van der Waals surface area contributed by atoms with Crippen LogP contribution in [0.1, 0.15) is 94.5 Å². The molecule has 0 saturated carbocycles. The molecule has 2 N–H and O–H groups in total. The Bertz CT molecular complexity index is 1160. The van der Waals surface area contributed by atoms with Crippen molar-refractivity contribution in [2.24, 2.45) is 0 Å². The van der Waals surface area contributed by atoms with E-state index < -0.39 is 23.8 Å². The van der Waals surface area contributed by atoms with Crippen LogP contribution in [0.25, 0.3) is 0 Å². The zero-order valence-electron chi connectivity index (χ0n) is 25.9. The number of ether oxygens (including phenoxy) is 1. The zero-order chi connectivity index (χ0) is 30.6. The maximum absolute atomic E-state index is 14.2. The number of rotatable bonds is 14. The topological polar surface area (TPSA) is 87.7 Å². The van der Waals surface area contributed by atoms with Crippen molar-refractivity contribution in [3.8, 4) is 0 Å². The number of nitrogens with zero attached hydrogens (tertiary/aromatic N) is 1. The predicted octanol–water partition coefficient (Wildman–Crippen LogP) is 7.30. The van der Waals surface area contributed by atoms with Gasteiger partial charge in [-0.2, -0.15) is 12.6 Å². The minimum absolute atomic E-state index is 0.0595. The molecule has 2 rings (SSSR count). The van der Waals surface area contributed by atoms with Gasteiger partial charge in [0.15, 0.2) is 0 Å². The minimum Gasteiger partial charge on any atom is -0.444 e. The maximum atomic E-state index is 14.2. The van der Waals surface area contributed by atoms with Gasteiger partial charge in [0.1, 0.15) is 17.7 Å². The molecular weight excluding hydrogens is 534 g/mol. The second kappa shape index (κ2) is 16.4. The molecule has 8 heteroatoms. The summed E-state index contributed by atoms with van der Waals surface area (Å²) < 4.78 is 5.42. The van der Waals surface area contributed by atoms with Crippen LogP contribution >= 0.6 is 12.6 Å². The summed E-state index contributed by atoms with van der Waals surface area (Å²) in [7, 11) is 0. The number of alkyl carbamates (subject to hydrolysis) is 1. The fourth-order valence-corrected chi connectivity index (χ4v) is 4.93.